The summed E-state index contributed by atoms with van der Waals surface area (Å²) in [5.74, 6) is 0.952. The molecule has 4 N–H and O–H groups in total. The van der Waals surface area contributed by atoms with E-state index in [1.54, 1.807) is 0 Å². The Bertz CT molecular complexity index is 690. The van der Waals surface area contributed by atoms with Crippen LogP contribution in [0, 0.1) is 19.8 Å². The predicted octanol–water partition coefficient (Wildman–Crippen LogP) is -0.640. The van der Waals surface area contributed by atoms with E-state index in [1.807, 2.05) is 45.9 Å². The Morgan fingerprint density at radius 2 is 2.04 bits per heavy atom. The minimum atomic E-state index is -0.100. The molecule has 132 valence electrons. The van der Waals surface area contributed by atoms with Crippen LogP contribution < -0.4 is 23.5 Å². The molecule has 1 atom stereocenters. The highest BCUT2D eigenvalue weighted by Crippen LogP contribution is 2.22. The van der Waals surface area contributed by atoms with Crippen molar-refractivity contribution in [3.63, 3.8) is 0 Å². The SMILES string of the molecule is Cc1ccc(NC(=O)CSc2nnc([C@@H]([NH3+])C(C)C)o2)c(C)c1.[Cl-]. The van der Waals surface area contributed by atoms with Gasteiger partial charge in [-0.15, -0.1) is 10.2 Å². The predicted molar refractivity (Wildman–Crippen MR) is 90.0 cm³/mol. The summed E-state index contributed by atoms with van der Waals surface area (Å²) in [6.45, 7) is 8.09. The number of nitrogens with zero attached hydrogens (tertiary/aromatic N) is 2. The quantitative estimate of drug-likeness (QED) is 0.659. The third-order valence-electron chi connectivity index (χ3n) is 3.53. The number of carbonyl (C=O) groups excluding carboxylic acids is 1. The second-order valence-electron chi connectivity index (χ2n) is 5.91. The average molecular weight is 371 g/mol. The molecule has 0 saturated heterocycles. The fourth-order valence-electron chi connectivity index (χ4n) is 1.98. The maximum atomic E-state index is 12.0. The Hall–Kier alpha value is -1.57. The lowest BCUT2D eigenvalue weighted by Gasteiger charge is -2.08. The molecule has 0 radical (unpaired) electrons. The van der Waals surface area contributed by atoms with E-state index in [9.17, 15) is 4.79 Å². The third kappa shape index (κ3) is 5.51. The molecule has 0 fully saturated rings. The number of carbonyl (C=O) groups is 1. The van der Waals surface area contributed by atoms with Gasteiger partial charge in [0.2, 0.25) is 5.91 Å². The van der Waals surface area contributed by atoms with Gasteiger partial charge >= 0.3 is 0 Å². The van der Waals surface area contributed by atoms with Gasteiger partial charge in [0.05, 0.1) is 5.75 Å². The van der Waals surface area contributed by atoms with Crippen LogP contribution in [0.5, 0.6) is 0 Å². The second-order valence-corrected chi connectivity index (χ2v) is 6.84. The van der Waals surface area contributed by atoms with E-state index < -0.39 is 0 Å². The van der Waals surface area contributed by atoms with Gasteiger partial charge in [-0.2, -0.15) is 0 Å². The highest BCUT2D eigenvalue weighted by Gasteiger charge is 2.21. The summed E-state index contributed by atoms with van der Waals surface area (Å²) < 4.78 is 5.55. The van der Waals surface area contributed by atoms with Gasteiger partial charge in [-0.3, -0.25) is 4.79 Å². The molecular formula is C16H23ClN4O2S. The molecule has 0 saturated carbocycles. The van der Waals surface area contributed by atoms with E-state index in [0.29, 0.717) is 17.0 Å². The van der Waals surface area contributed by atoms with Crippen LogP contribution in [0.3, 0.4) is 0 Å². The van der Waals surface area contributed by atoms with E-state index in [4.69, 9.17) is 4.42 Å². The van der Waals surface area contributed by atoms with Gasteiger partial charge in [0.1, 0.15) is 0 Å². The van der Waals surface area contributed by atoms with E-state index in [-0.39, 0.29) is 30.1 Å². The van der Waals surface area contributed by atoms with Crippen LogP contribution in [0.1, 0.15) is 36.9 Å². The summed E-state index contributed by atoms with van der Waals surface area (Å²) in [5.41, 5.74) is 7.04. The number of hydrogen-bond acceptors (Lipinski definition) is 5. The lowest BCUT2D eigenvalue weighted by molar-refractivity contribution is -0.443. The van der Waals surface area contributed by atoms with Gasteiger partial charge < -0.3 is 27.9 Å². The number of quaternary nitrogens is 1. The number of amides is 1. The van der Waals surface area contributed by atoms with Crippen molar-refractivity contribution in [3.05, 3.63) is 35.2 Å². The maximum Gasteiger partial charge on any atom is 0.277 e. The highest BCUT2D eigenvalue weighted by molar-refractivity contribution is 7.99. The van der Waals surface area contributed by atoms with Crippen molar-refractivity contribution in [2.75, 3.05) is 11.1 Å². The normalized spacial score (nSPS) is 11.9. The molecule has 0 spiro atoms. The molecular weight excluding hydrogens is 348 g/mol. The molecule has 0 unspecified atom stereocenters. The Labute approximate surface area is 152 Å². The lowest BCUT2D eigenvalue weighted by atomic mass is 10.1. The lowest BCUT2D eigenvalue weighted by Crippen LogP contribution is -3.00. The van der Waals surface area contributed by atoms with Crippen LogP contribution in [-0.2, 0) is 4.79 Å². The molecule has 24 heavy (non-hydrogen) atoms. The molecule has 1 amide bonds. The second kappa shape index (κ2) is 9.05. The Kier molecular flexibility index (Phi) is 7.72. The molecule has 0 aliphatic heterocycles. The number of hydrogen-bond donors (Lipinski definition) is 2. The van der Waals surface area contributed by atoms with Gasteiger partial charge in [-0.1, -0.05) is 43.3 Å². The van der Waals surface area contributed by atoms with E-state index in [2.05, 4.69) is 21.2 Å². The van der Waals surface area contributed by atoms with E-state index in [1.165, 1.54) is 17.3 Å². The van der Waals surface area contributed by atoms with Gasteiger partial charge in [0.15, 0.2) is 6.04 Å². The Morgan fingerprint density at radius 3 is 2.67 bits per heavy atom. The molecule has 1 aromatic heterocycles. The first-order chi connectivity index (χ1) is 10.9. The maximum absolute atomic E-state index is 12.0. The average Bonchev–Trinajstić information content (AvgIpc) is 2.96. The molecule has 1 aromatic carbocycles. The van der Waals surface area contributed by atoms with E-state index in [0.717, 1.165) is 11.3 Å². The smallest absolute Gasteiger partial charge is 0.277 e. The van der Waals surface area contributed by atoms with Crippen LogP contribution >= 0.6 is 11.8 Å². The zero-order chi connectivity index (χ0) is 17.0. The summed E-state index contributed by atoms with van der Waals surface area (Å²) in [7, 11) is 0. The summed E-state index contributed by atoms with van der Waals surface area (Å²) in [6, 6.07) is 5.88. The minimum Gasteiger partial charge on any atom is -1.00 e. The number of anilines is 1. The minimum absolute atomic E-state index is 0. The van der Waals surface area contributed by atoms with Gasteiger partial charge in [-0.25, -0.2) is 0 Å². The highest BCUT2D eigenvalue weighted by atomic mass is 35.5. The van der Waals surface area contributed by atoms with Crippen molar-refractivity contribution >= 4 is 23.4 Å². The summed E-state index contributed by atoms with van der Waals surface area (Å²) in [6.07, 6.45) is 0. The van der Waals surface area contributed by atoms with Crippen LogP contribution in [0.4, 0.5) is 5.69 Å². The number of aromatic nitrogens is 2. The largest absolute Gasteiger partial charge is 1.00 e. The van der Waals surface area contributed by atoms with Crippen molar-refractivity contribution in [2.45, 2.75) is 39.0 Å². The first kappa shape index (κ1) is 20.5. The fourth-order valence-corrected chi connectivity index (χ4v) is 2.55. The Balaban J connectivity index is 0.00000288. The molecule has 2 aromatic rings. The number of halogens is 1. The number of aryl methyl sites for hydroxylation is 2. The molecule has 2 rings (SSSR count). The van der Waals surface area contributed by atoms with Gasteiger partial charge in [-0.05, 0) is 25.5 Å². The third-order valence-corrected chi connectivity index (χ3v) is 4.35. The first-order valence-corrected chi connectivity index (χ1v) is 8.51. The molecule has 0 aliphatic carbocycles. The van der Waals surface area contributed by atoms with Crippen LogP contribution in [0.25, 0.3) is 0 Å². The summed E-state index contributed by atoms with van der Waals surface area (Å²) >= 11 is 1.23. The summed E-state index contributed by atoms with van der Waals surface area (Å²) in [4.78, 5) is 12.0. The van der Waals surface area contributed by atoms with Crippen LogP contribution in [0.15, 0.2) is 27.8 Å². The van der Waals surface area contributed by atoms with Gasteiger partial charge in [0.25, 0.3) is 11.1 Å². The number of rotatable bonds is 6. The van der Waals surface area contributed by atoms with Gasteiger partial charge in [0, 0.05) is 11.6 Å². The van der Waals surface area contributed by atoms with Crippen molar-refractivity contribution < 1.29 is 27.4 Å². The molecule has 6 nitrogen and oxygen atoms in total. The molecule has 0 bridgehead atoms. The summed E-state index contributed by atoms with van der Waals surface area (Å²) in [5, 5.41) is 11.2. The van der Waals surface area contributed by atoms with Crippen molar-refractivity contribution in [1.82, 2.24) is 10.2 Å². The molecule has 0 aliphatic rings. The number of benzene rings is 1. The van der Waals surface area contributed by atoms with Crippen molar-refractivity contribution in [2.24, 2.45) is 5.92 Å². The first-order valence-electron chi connectivity index (χ1n) is 7.53. The van der Waals surface area contributed by atoms with Crippen LogP contribution in [-0.4, -0.2) is 21.9 Å². The Morgan fingerprint density at radius 1 is 1.33 bits per heavy atom. The zero-order valence-corrected chi connectivity index (χ0v) is 15.9. The van der Waals surface area contributed by atoms with E-state index >= 15 is 0 Å². The molecule has 8 heteroatoms. The topological polar surface area (TPSA) is 95.7 Å². The zero-order valence-electron chi connectivity index (χ0n) is 14.3. The standard InChI is InChI=1S/C16H22N4O2S.ClH/c1-9(2)14(17)15-19-20-16(22-15)23-8-13(21)18-12-6-5-10(3)7-11(12)4;/h5-7,9,14H,8,17H2,1-4H3,(H,18,21);1H/t14-;/m0./s1. The number of thioether (sulfide) groups is 1. The van der Waals surface area contributed by atoms with Crippen molar-refractivity contribution in [1.29, 1.82) is 0 Å². The monoisotopic (exact) mass is 370 g/mol. The van der Waals surface area contributed by atoms with Crippen LogP contribution in [0.2, 0.25) is 0 Å². The number of nitrogens with one attached hydrogen (secondary N) is 1. The molecule has 1 heterocycles. The van der Waals surface area contributed by atoms with Crippen molar-refractivity contribution in [3.8, 4) is 0 Å². The fraction of sp³-hybridized carbons (Fsp3) is 0.438.